The Morgan fingerprint density at radius 2 is 1.89 bits per heavy atom. The van der Waals surface area contributed by atoms with Gasteiger partial charge in [0.1, 0.15) is 5.49 Å². The van der Waals surface area contributed by atoms with Crippen LogP contribution in [0.25, 0.3) is 0 Å². The molecule has 0 aromatic heterocycles. The number of sulfone groups is 1. The van der Waals surface area contributed by atoms with Crippen LogP contribution in [0.15, 0.2) is 0 Å². The predicted octanol–water partition coefficient (Wildman–Crippen LogP) is -0.325. The summed E-state index contributed by atoms with van der Waals surface area (Å²) in [5.74, 6) is -0.0348. The standard InChI is InChI=1S/C3H9O4PS/c1-2-9(6,7)3-8(4)5/h4-5H,2-3H2,1H3. The average Bonchev–Trinajstić information content (AvgIpc) is 1.63. The lowest BCUT2D eigenvalue weighted by Gasteiger charge is -1.99. The fourth-order valence-corrected chi connectivity index (χ4v) is 2.40. The van der Waals surface area contributed by atoms with Gasteiger partial charge in [-0.25, -0.2) is 8.42 Å². The van der Waals surface area contributed by atoms with Crippen molar-refractivity contribution in [3.63, 3.8) is 0 Å². The van der Waals surface area contributed by atoms with Gasteiger partial charge in [0.05, 0.1) is 0 Å². The molecule has 2 N–H and O–H groups in total. The molecule has 4 nitrogen and oxygen atoms in total. The number of hydrogen-bond acceptors (Lipinski definition) is 4. The normalized spacial score (nSPS) is 12.4. The Balaban J connectivity index is 3.90. The van der Waals surface area contributed by atoms with Crippen LogP contribution in [-0.4, -0.2) is 29.5 Å². The second-order valence-electron chi connectivity index (χ2n) is 1.53. The summed E-state index contributed by atoms with van der Waals surface area (Å²) in [6.45, 7) is 1.47. The van der Waals surface area contributed by atoms with Crippen molar-refractivity contribution >= 4 is 18.2 Å². The fraction of sp³-hybridized carbons (Fsp3) is 1.00. The average molecular weight is 172 g/mol. The largest absolute Gasteiger partial charge is 0.349 e. The lowest BCUT2D eigenvalue weighted by molar-refractivity contribution is 0.487. The number of hydrogen-bond donors (Lipinski definition) is 2. The minimum Gasteiger partial charge on any atom is -0.349 e. The van der Waals surface area contributed by atoms with E-state index in [1.807, 2.05) is 0 Å². The van der Waals surface area contributed by atoms with Gasteiger partial charge in [-0.2, -0.15) is 0 Å². The van der Waals surface area contributed by atoms with Crippen LogP contribution in [0.2, 0.25) is 0 Å². The molecule has 0 aromatic rings. The van der Waals surface area contributed by atoms with Crippen LogP contribution in [-0.2, 0) is 9.84 Å². The molecule has 0 aliphatic carbocycles. The lowest BCUT2D eigenvalue weighted by atomic mass is 11.0. The zero-order valence-corrected chi connectivity index (χ0v) is 6.69. The Morgan fingerprint density at radius 1 is 1.44 bits per heavy atom. The monoisotopic (exact) mass is 172 g/mol. The Labute approximate surface area is 55.4 Å². The van der Waals surface area contributed by atoms with Gasteiger partial charge >= 0.3 is 0 Å². The maximum absolute atomic E-state index is 10.5. The Morgan fingerprint density at radius 3 is 2.00 bits per heavy atom. The highest BCUT2D eigenvalue weighted by atomic mass is 32.2. The summed E-state index contributed by atoms with van der Waals surface area (Å²) in [5, 5.41) is 0. The van der Waals surface area contributed by atoms with Crippen LogP contribution in [0.1, 0.15) is 6.92 Å². The summed E-state index contributed by atoms with van der Waals surface area (Å²) in [7, 11) is -5.47. The fourth-order valence-electron chi connectivity index (χ4n) is 0.267. The third-order valence-electron chi connectivity index (χ3n) is 0.752. The molecule has 0 atom stereocenters. The van der Waals surface area contributed by atoms with Crippen molar-refractivity contribution in [1.29, 1.82) is 0 Å². The smallest absolute Gasteiger partial charge is 0.180 e. The van der Waals surface area contributed by atoms with Crippen molar-refractivity contribution in [3.05, 3.63) is 0 Å². The summed E-state index contributed by atoms with van der Waals surface area (Å²) in [6.07, 6.45) is 0. The maximum Gasteiger partial charge on any atom is 0.180 e. The first kappa shape index (κ1) is 9.30. The molecular formula is C3H9O4PS. The molecular weight excluding hydrogens is 163 g/mol. The molecule has 56 valence electrons. The van der Waals surface area contributed by atoms with E-state index >= 15 is 0 Å². The van der Waals surface area contributed by atoms with E-state index in [2.05, 4.69) is 0 Å². The second kappa shape index (κ2) is 3.46. The Kier molecular flexibility index (Phi) is 3.58. The van der Waals surface area contributed by atoms with Crippen molar-refractivity contribution in [2.45, 2.75) is 6.92 Å². The molecule has 0 saturated heterocycles. The van der Waals surface area contributed by atoms with Gasteiger partial charge in [-0.3, -0.25) is 0 Å². The molecule has 6 heteroatoms. The van der Waals surface area contributed by atoms with E-state index in [0.717, 1.165) is 0 Å². The first-order valence-corrected chi connectivity index (χ1v) is 5.59. The first-order chi connectivity index (χ1) is 3.98. The summed E-state index contributed by atoms with van der Waals surface area (Å²) in [4.78, 5) is 16.5. The molecule has 0 fully saturated rings. The highest BCUT2D eigenvalue weighted by Gasteiger charge is 2.12. The van der Waals surface area contributed by atoms with Crippen molar-refractivity contribution in [2.75, 3.05) is 11.2 Å². The second-order valence-corrected chi connectivity index (χ2v) is 5.38. The van der Waals surface area contributed by atoms with Crippen LogP contribution in [0, 0.1) is 0 Å². The van der Waals surface area contributed by atoms with Gasteiger partial charge < -0.3 is 9.79 Å². The zero-order chi connectivity index (χ0) is 7.49. The van der Waals surface area contributed by atoms with Crippen molar-refractivity contribution in [1.82, 2.24) is 0 Å². The highest BCUT2D eigenvalue weighted by molar-refractivity contribution is 7.96. The summed E-state index contributed by atoms with van der Waals surface area (Å²) in [6, 6.07) is 0. The molecule has 0 rings (SSSR count). The Bertz CT molecular complexity index is 161. The minimum absolute atomic E-state index is 0.0348. The molecule has 0 unspecified atom stereocenters. The van der Waals surface area contributed by atoms with Crippen LogP contribution in [0.4, 0.5) is 0 Å². The molecule has 0 aliphatic rings. The summed E-state index contributed by atoms with van der Waals surface area (Å²) >= 11 is 0. The molecule has 0 heterocycles. The van der Waals surface area contributed by atoms with E-state index in [9.17, 15) is 8.42 Å². The zero-order valence-electron chi connectivity index (χ0n) is 4.98. The molecule has 0 aromatic carbocycles. The summed E-state index contributed by atoms with van der Waals surface area (Å²) < 4.78 is 21.0. The van der Waals surface area contributed by atoms with E-state index in [1.54, 1.807) is 0 Å². The van der Waals surface area contributed by atoms with Crippen LogP contribution in [0.3, 0.4) is 0 Å². The van der Waals surface area contributed by atoms with Gasteiger partial charge in [0.2, 0.25) is 0 Å². The van der Waals surface area contributed by atoms with E-state index in [-0.39, 0.29) is 5.75 Å². The first-order valence-electron chi connectivity index (χ1n) is 2.33. The molecule has 0 radical (unpaired) electrons. The van der Waals surface area contributed by atoms with Gasteiger partial charge in [-0.1, -0.05) is 6.92 Å². The van der Waals surface area contributed by atoms with Gasteiger partial charge in [-0.15, -0.1) is 0 Å². The SMILES string of the molecule is CCS(=O)(=O)CP(O)O. The van der Waals surface area contributed by atoms with E-state index in [0.29, 0.717) is 0 Å². The third-order valence-corrected chi connectivity index (χ3v) is 4.13. The molecule has 0 saturated carbocycles. The van der Waals surface area contributed by atoms with Crippen LogP contribution >= 0.6 is 8.38 Å². The van der Waals surface area contributed by atoms with Gasteiger partial charge in [-0.05, 0) is 0 Å². The lowest BCUT2D eigenvalue weighted by Crippen LogP contribution is -2.06. The van der Waals surface area contributed by atoms with Crippen LogP contribution < -0.4 is 0 Å². The van der Waals surface area contributed by atoms with E-state index in [4.69, 9.17) is 9.79 Å². The molecule has 0 aliphatic heterocycles. The third kappa shape index (κ3) is 4.78. The molecule has 0 spiro atoms. The molecule has 9 heavy (non-hydrogen) atoms. The van der Waals surface area contributed by atoms with Crippen molar-refractivity contribution in [3.8, 4) is 0 Å². The van der Waals surface area contributed by atoms with Gasteiger partial charge in [0.25, 0.3) is 0 Å². The van der Waals surface area contributed by atoms with Gasteiger partial charge in [0.15, 0.2) is 18.2 Å². The van der Waals surface area contributed by atoms with E-state index < -0.39 is 23.7 Å². The summed E-state index contributed by atoms with van der Waals surface area (Å²) in [5.41, 5.74) is -0.501. The van der Waals surface area contributed by atoms with Crippen LogP contribution in [0.5, 0.6) is 0 Å². The predicted molar refractivity (Wildman–Crippen MR) is 35.7 cm³/mol. The molecule has 0 bridgehead atoms. The minimum atomic E-state index is -3.19. The topological polar surface area (TPSA) is 74.6 Å². The maximum atomic E-state index is 10.5. The van der Waals surface area contributed by atoms with E-state index in [1.165, 1.54) is 6.92 Å². The highest BCUT2D eigenvalue weighted by Crippen LogP contribution is 2.24. The van der Waals surface area contributed by atoms with Gasteiger partial charge in [0, 0.05) is 5.75 Å². The Hall–Kier alpha value is 0.300. The quantitative estimate of drug-likeness (QED) is 0.572. The van der Waals surface area contributed by atoms with Crippen molar-refractivity contribution < 1.29 is 18.2 Å². The molecule has 0 amide bonds. The van der Waals surface area contributed by atoms with Crippen molar-refractivity contribution in [2.24, 2.45) is 0 Å². The number of rotatable bonds is 3.